The lowest BCUT2D eigenvalue weighted by molar-refractivity contribution is -0.138. The highest BCUT2D eigenvalue weighted by Gasteiger charge is 2.23. The Morgan fingerprint density at radius 3 is 3.00 bits per heavy atom. The Bertz CT molecular complexity index is 410. The van der Waals surface area contributed by atoms with Crippen molar-refractivity contribution in [1.82, 2.24) is 0 Å². The quantitative estimate of drug-likeness (QED) is 0.835. The van der Waals surface area contributed by atoms with Crippen LogP contribution in [0.25, 0.3) is 6.08 Å². The van der Waals surface area contributed by atoms with E-state index in [2.05, 4.69) is 15.9 Å². The van der Waals surface area contributed by atoms with E-state index in [0.717, 1.165) is 15.6 Å². The summed E-state index contributed by atoms with van der Waals surface area (Å²) >= 11 is 3.37. The summed E-state index contributed by atoms with van der Waals surface area (Å²) in [5.41, 5.74) is 1.90. The van der Waals surface area contributed by atoms with E-state index in [1.807, 2.05) is 30.4 Å². The van der Waals surface area contributed by atoms with E-state index in [-0.39, 0.29) is 5.92 Å². The number of carbonyl (C=O) groups is 1. The number of benzene rings is 1. The SMILES string of the molecule is O=C(O)C1CC=Cc2cc(Br)ccc21. The van der Waals surface area contributed by atoms with Crippen molar-refractivity contribution in [3.8, 4) is 0 Å². The number of hydrogen-bond donors (Lipinski definition) is 1. The highest BCUT2D eigenvalue weighted by Crippen LogP contribution is 2.31. The van der Waals surface area contributed by atoms with E-state index in [1.165, 1.54) is 0 Å². The van der Waals surface area contributed by atoms with Crippen molar-refractivity contribution in [3.63, 3.8) is 0 Å². The van der Waals surface area contributed by atoms with Crippen LogP contribution in [0.2, 0.25) is 0 Å². The van der Waals surface area contributed by atoms with Crippen LogP contribution in [-0.2, 0) is 4.79 Å². The van der Waals surface area contributed by atoms with E-state index in [9.17, 15) is 4.79 Å². The molecule has 1 aromatic carbocycles. The standard InChI is InChI=1S/C11H9BrO2/c12-8-4-5-9-7(6-8)2-1-3-10(9)11(13)14/h1-2,4-6,10H,3H2,(H,13,14). The fourth-order valence-electron chi connectivity index (χ4n) is 1.70. The zero-order valence-electron chi connectivity index (χ0n) is 7.40. The summed E-state index contributed by atoms with van der Waals surface area (Å²) in [4.78, 5) is 11.0. The van der Waals surface area contributed by atoms with Gasteiger partial charge in [-0.2, -0.15) is 0 Å². The fraction of sp³-hybridized carbons (Fsp3) is 0.182. The van der Waals surface area contributed by atoms with Crippen LogP contribution in [0.15, 0.2) is 28.7 Å². The van der Waals surface area contributed by atoms with Gasteiger partial charge < -0.3 is 5.11 Å². The molecule has 0 amide bonds. The maximum absolute atomic E-state index is 11.0. The van der Waals surface area contributed by atoms with Gasteiger partial charge in [-0.1, -0.05) is 34.1 Å². The first-order valence-electron chi connectivity index (χ1n) is 4.37. The molecule has 1 atom stereocenters. The Labute approximate surface area is 90.4 Å². The van der Waals surface area contributed by atoms with E-state index in [0.29, 0.717) is 6.42 Å². The lowest BCUT2D eigenvalue weighted by atomic mass is 9.87. The molecule has 0 aromatic heterocycles. The second kappa shape index (κ2) is 3.58. The van der Waals surface area contributed by atoms with Crippen LogP contribution in [0.3, 0.4) is 0 Å². The van der Waals surface area contributed by atoms with Gasteiger partial charge >= 0.3 is 5.97 Å². The van der Waals surface area contributed by atoms with Gasteiger partial charge in [0.25, 0.3) is 0 Å². The Kier molecular flexibility index (Phi) is 2.42. The molecule has 1 aromatic rings. The van der Waals surface area contributed by atoms with Crippen molar-refractivity contribution < 1.29 is 9.90 Å². The van der Waals surface area contributed by atoms with Gasteiger partial charge in [0.2, 0.25) is 0 Å². The minimum atomic E-state index is -0.752. The molecule has 0 radical (unpaired) electrons. The molecule has 2 nitrogen and oxygen atoms in total. The van der Waals surface area contributed by atoms with Gasteiger partial charge in [0, 0.05) is 4.47 Å². The Morgan fingerprint density at radius 2 is 2.29 bits per heavy atom. The Balaban J connectivity index is 2.51. The van der Waals surface area contributed by atoms with E-state index in [4.69, 9.17) is 5.11 Å². The van der Waals surface area contributed by atoms with Gasteiger partial charge in [-0.3, -0.25) is 4.79 Å². The van der Waals surface area contributed by atoms with Crippen molar-refractivity contribution in [2.75, 3.05) is 0 Å². The van der Waals surface area contributed by atoms with Crippen LogP contribution in [0.1, 0.15) is 23.5 Å². The maximum atomic E-state index is 11.0. The monoisotopic (exact) mass is 252 g/mol. The largest absolute Gasteiger partial charge is 0.481 e. The summed E-state index contributed by atoms with van der Waals surface area (Å²) in [5.74, 6) is -1.14. The summed E-state index contributed by atoms with van der Waals surface area (Å²) in [6.45, 7) is 0. The fourth-order valence-corrected chi connectivity index (χ4v) is 2.08. The molecule has 0 spiro atoms. The summed E-state index contributed by atoms with van der Waals surface area (Å²) in [7, 11) is 0. The number of hydrogen-bond acceptors (Lipinski definition) is 1. The van der Waals surface area contributed by atoms with Gasteiger partial charge in [-0.15, -0.1) is 0 Å². The first-order chi connectivity index (χ1) is 6.68. The van der Waals surface area contributed by atoms with Gasteiger partial charge in [0.15, 0.2) is 0 Å². The minimum Gasteiger partial charge on any atom is -0.481 e. The number of carboxylic acid groups (broad SMARTS) is 1. The second-order valence-electron chi connectivity index (χ2n) is 3.30. The molecule has 0 heterocycles. The van der Waals surface area contributed by atoms with E-state index < -0.39 is 5.97 Å². The molecule has 0 fully saturated rings. The Hall–Kier alpha value is -1.09. The molecule has 0 aliphatic heterocycles. The lowest BCUT2D eigenvalue weighted by Gasteiger charge is -2.17. The first kappa shape index (κ1) is 9.46. The molecule has 3 heteroatoms. The molecule has 1 N–H and O–H groups in total. The molecule has 0 bridgehead atoms. The number of aliphatic carboxylic acids is 1. The highest BCUT2D eigenvalue weighted by atomic mass is 79.9. The predicted octanol–water partition coefficient (Wildman–Crippen LogP) is 3.03. The molecular formula is C11H9BrO2. The first-order valence-corrected chi connectivity index (χ1v) is 5.16. The van der Waals surface area contributed by atoms with Crippen LogP contribution in [0, 0.1) is 0 Å². The molecule has 2 rings (SSSR count). The molecule has 1 unspecified atom stereocenters. The topological polar surface area (TPSA) is 37.3 Å². The van der Waals surface area contributed by atoms with Gasteiger partial charge in [-0.05, 0) is 29.7 Å². The molecule has 0 saturated carbocycles. The summed E-state index contributed by atoms with van der Waals surface area (Å²) in [6, 6.07) is 5.70. The highest BCUT2D eigenvalue weighted by molar-refractivity contribution is 9.10. The van der Waals surface area contributed by atoms with Gasteiger partial charge in [0.05, 0.1) is 5.92 Å². The van der Waals surface area contributed by atoms with Crippen LogP contribution in [0.5, 0.6) is 0 Å². The van der Waals surface area contributed by atoms with Crippen LogP contribution in [-0.4, -0.2) is 11.1 Å². The third kappa shape index (κ3) is 1.60. The average molecular weight is 253 g/mol. The smallest absolute Gasteiger partial charge is 0.311 e. The van der Waals surface area contributed by atoms with Crippen molar-refractivity contribution >= 4 is 28.0 Å². The number of halogens is 1. The zero-order valence-corrected chi connectivity index (χ0v) is 8.99. The average Bonchev–Trinajstić information content (AvgIpc) is 2.16. The molecular weight excluding hydrogens is 244 g/mol. The number of rotatable bonds is 1. The van der Waals surface area contributed by atoms with Crippen molar-refractivity contribution in [3.05, 3.63) is 39.9 Å². The summed E-state index contributed by atoms with van der Waals surface area (Å²) in [6.07, 6.45) is 4.47. The third-order valence-corrected chi connectivity index (χ3v) is 2.88. The third-order valence-electron chi connectivity index (χ3n) is 2.39. The summed E-state index contributed by atoms with van der Waals surface area (Å²) < 4.78 is 0.979. The molecule has 1 aliphatic rings. The van der Waals surface area contributed by atoms with E-state index >= 15 is 0 Å². The predicted molar refractivity (Wildman–Crippen MR) is 58.2 cm³/mol. The molecule has 0 saturated heterocycles. The van der Waals surface area contributed by atoms with Crippen molar-refractivity contribution in [1.29, 1.82) is 0 Å². The number of allylic oxidation sites excluding steroid dienone is 1. The number of carboxylic acids is 1. The molecule has 14 heavy (non-hydrogen) atoms. The van der Waals surface area contributed by atoms with Crippen molar-refractivity contribution in [2.24, 2.45) is 0 Å². The van der Waals surface area contributed by atoms with Crippen LogP contribution in [0.4, 0.5) is 0 Å². The van der Waals surface area contributed by atoms with Crippen molar-refractivity contribution in [2.45, 2.75) is 12.3 Å². The summed E-state index contributed by atoms with van der Waals surface area (Å²) in [5, 5.41) is 9.01. The van der Waals surface area contributed by atoms with Crippen LogP contribution >= 0.6 is 15.9 Å². The van der Waals surface area contributed by atoms with Crippen LogP contribution < -0.4 is 0 Å². The second-order valence-corrected chi connectivity index (χ2v) is 4.22. The zero-order chi connectivity index (χ0) is 10.1. The lowest BCUT2D eigenvalue weighted by Crippen LogP contribution is -2.14. The maximum Gasteiger partial charge on any atom is 0.311 e. The molecule has 72 valence electrons. The minimum absolute atomic E-state index is 0.386. The van der Waals surface area contributed by atoms with E-state index in [1.54, 1.807) is 0 Å². The Morgan fingerprint density at radius 1 is 1.50 bits per heavy atom. The number of fused-ring (bicyclic) bond motifs is 1. The molecule has 1 aliphatic carbocycles. The normalized spacial score (nSPS) is 19.1. The van der Waals surface area contributed by atoms with Gasteiger partial charge in [-0.25, -0.2) is 0 Å². The van der Waals surface area contributed by atoms with Gasteiger partial charge in [0.1, 0.15) is 0 Å².